The van der Waals surface area contributed by atoms with Gasteiger partial charge in [0.1, 0.15) is 5.82 Å². The van der Waals surface area contributed by atoms with Crippen LogP contribution in [-0.4, -0.2) is 6.54 Å². The van der Waals surface area contributed by atoms with Crippen molar-refractivity contribution in [1.82, 2.24) is 0 Å². The van der Waals surface area contributed by atoms with Crippen molar-refractivity contribution in [2.24, 2.45) is 5.92 Å². The number of nitrogens with one attached hydrogen (secondary N) is 1. The molecule has 0 spiro atoms. The van der Waals surface area contributed by atoms with Gasteiger partial charge in [-0.05, 0) is 29.7 Å². The molecule has 2 heteroatoms. The predicted molar refractivity (Wildman–Crippen MR) is 61.7 cm³/mol. The first-order valence-electron chi connectivity index (χ1n) is 5.75. The lowest BCUT2D eigenvalue weighted by Crippen LogP contribution is -2.11. The quantitative estimate of drug-likeness (QED) is 0.795. The molecule has 0 fully saturated rings. The summed E-state index contributed by atoms with van der Waals surface area (Å²) < 4.78 is 13.2. The van der Waals surface area contributed by atoms with Crippen molar-refractivity contribution in [1.29, 1.82) is 0 Å². The fourth-order valence-corrected chi connectivity index (χ4v) is 2.50. The molecule has 1 aliphatic rings. The Bertz CT molecular complexity index is 348. The number of rotatable bonds is 3. The predicted octanol–water partition coefficient (Wildman–Crippen LogP) is 3.77. The van der Waals surface area contributed by atoms with Gasteiger partial charge in [0, 0.05) is 18.2 Å². The van der Waals surface area contributed by atoms with Crippen molar-refractivity contribution in [3.8, 4) is 0 Å². The summed E-state index contributed by atoms with van der Waals surface area (Å²) in [7, 11) is 0. The Hall–Kier alpha value is -1.05. The lowest BCUT2D eigenvalue weighted by Gasteiger charge is -2.18. The Morgan fingerprint density at radius 2 is 2.33 bits per heavy atom. The van der Waals surface area contributed by atoms with Gasteiger partial charge in [0.15, 0.2) is 0 Å². The van der Waals surface area contributed by atoms with E-state index in [0.29, 0.717) is 11.8 Å². The third kappa shape index (κ3) is 1.99. The molecule has 1 aromatic carbocycles. The van der Waals surface area contributed by atoms with E-state index in [1.54, 1.807) is 6.07 Å². The van der Waals surface area contributed by atoms with Gasteiger partial charge in [-0.25, -0.2) is 4.39 Å². The largest absolute Gasteiger partial charge is 0.384 e. The van der Waals surface area contributed by atoms with Crippen LogP contribution in [0.15, 0.2) is 18.2 Å². The molecule has 0 aliphatic carbocycles. The fraction of sp³-hybridized carbons (Fsp3) is 0.538. The summed E-state index contributed by atoms with van der Waals surface area (Å²) in [6.07, 6.45) is 2.41. The van der Waals surface area contributed by atoms with E-state index in [1.165, 1.54) is 18.9 Å². The Labute approximate surface area is 90.7 Å². The molecule has 1 N–H and O–H groups in total. The van der Waals surface area contributed by atoms with Crippen molar-refractivity contribution >= 4 is 5.69 Å². The lowest BCUT2D eigenvalue weighted by molar-refractivity contribution is 0.446. The van der Waals surface area contributed by atoms with Crippen molar-refractivity contribution in [3.05, 3.63) is 29.6 Å². The third-order valence-electron chi connectivity index (χ3n) is 3.36. The summed E-state index contributed by atoms with van der Waals surface area (Å²) >= 11 is 0. The summed E-state index contributed by atoms with van der Waals surface area (Å²) in [5.41, 5.74) is 2.28. The molecule has 0 saturated heterocycles. The summed E-state index contributed by atoms with van der Waals surface area (Å²) in [5.74, 6) is 0.993. The highest BCUT2D eigenvalue weighted by Gasteiger charge is 2.26. The molecular formula is C13H18FN. The normalized spacial score (nSPS) is 20.9. The molecule has 0 radical (unpaired) electrons. The van der Waals surface area contributed by atoms with Crippen molar-refractivity contribution in [2.75, 3.05) is 11.9 Å². The van der Waals surface area contributed by atoms with E-state index >= 15 is 0 Å². The van der Waals surface area contributed by atoms with Crippen LogP contribution in [-0.2, 0) is 0 Å². The van der Waals surface area contributed by atoms with Gasteiger partial charge in [0.25, 0.3) is 0 Å². The summed E-state index contributed by atoms with van der Waals surface area (Å²) in [4.78, 5) is 0. The Balaban J connectivity index is 2.23. The summed E-state index contributed by atoms with van der Waals surface area (Å²) in [5, 5.41) is 3.35. The van der Waals surface area contributed by atoms with Gasteiger partial charge >= 0.3 is 0 Å². The highest BCUT2D eigenvalue weighted by atomic mass is 19.1. The van der Waals surface area contributed by atoms with E-state index < -0.39 is 0 Å². The second kappa shape index (κ2) is 4.21. The summed E-state index contributed by atoms with van der Waals surface area (Å²) in [6.45, 7) is 5.42. The molecule has 2 rings (SSSR count). The SMILES string of the molecule is CCCC(C)C1CNc2ccc(F)cc21. The Kier molecular flexibility index (Phi) is 2.94. The molecule has 1 aliphatic heterocycles. The maximum atomic E-state index is 13.2. The molecule has 0 aromatic heterocycles. The molecule has 82 valence electrons. The average Bonchev–Trinajstić information content (AvgIpc) is 2.60. The van der Waals surface area contributed by atoms with Crippen molar-refractivity contribution < 1.29 is 4.39 Å². The molecule has 0 amide bonds. The van der Waals surface area contributed by atoms with Gasteiger partial charge < -0.3 is 5.32 Å². The van der Waals surface area contributed by atoms with Gasteiger partial charge in [-0.15, -0.1) is 0 Å². The Morgan fingerprint density at radius 3 is 3.07 bits per heavy atom. The fourth-order valence-electron chi connectivity index (χ4n) is 2.50. The second-order valence-electron chi connectivity index (χ2n) is 4.48. The first-order chi connectivity index (χ1) is 7.22. The van der Waals surface area contributed by atoms with E-state index in [2.05, 4.69) is 19.2 Å². The summed E-state index contributed by atoms with van der Waals surface area (Å²) in [6, 6.07) is 5.06. The number of anilines is 1. The van der Waals surface area contributed by atoms with E-state index in [0.717, 1.165) is 17.8 Å². The van der Waals surface area contributed by atoms with Gasteiger partial charge in [-0.3, -0.25) is 0 Å². The van der Waals surface area contributed by atoms with Crippen LogP contribution in [0.25, 0.3) is 0 Å². The first kappa shape index (κ1) is 10.5. The van der Waals surface area contributed by atoms with Crippen molar-refractivity contribution in [2.45, 2.75) is 32.6 Å². The maximum Gasteiger partial charge on any atom is 0.123 e. The number of halogens is 1. The van der Waals surface area contributed by atoms with Crippen LogP contribution >= 0.6 is 0 Å². The zero-order valence-electron chi connectivity index (χ0n) is 9.39. The Morgan fingerprint density at radius 1 is 1.53 bits per heavy atom. The smallest absolute Gasteiger partial charge is 0.123 e. The van der Waals surface area contributed by atoms with Gasteiger partial charge in [0.05, 0.1) is 0 Å². The van der Waals surface area contributed by atoms with Crippen LogP contribution in [0, 0.1) is 11.7 Å². The number of hydrogen-bond acceptors (Lipinski definition) is 1. The van der Waals surface area contributed by atoms with Crippen LogP contribution in [0.5, 0.6) is 0 Å². The lowest BCUT2D eigenvalue weighted by atomic mass is 9.86. The topological polar surface area (TPSA) is 12.0 Å². The van der Waals surface area contributed by atoms with Crippen LogP contribution in [0.2, 0.25) is 0 Å². The average molecular weight is 207 g/mol. The number of benzene rings is 1. The minimum absolute atomic E-state index is 0.119. The minimum atomic E-state index is -0.119. The zero-order valence-corrected chi connectivity index (χ0v) is 9.39. The van der Waals surface area contributed by atoms with Crippen LogP contribution < -0.4 is 5.32 Å². The molecule has 1 heterocycles. The molecule has 1 nitrogen and oxygen atoms in total. The minimum Gasteiger partial charge on any atom is -0.384 e. The third-order valence-corrected chi connectivity index (χ3v) is 3.36. The molecule has 2 atom stereocenters. The van der Waals surface area contributed by atoms with Crippen LogP contribution in [0.3, 0.4) is 0 Å². The van der Waals surface area contributed by atoms with Crippen molar-refractivity contribution in [3.63, 3.8) is 0 Å². The van der Waals surface area contributed by atoms with Crippen LogP contribution in [0.1, 0.15) is 38.2 Å². The molecule has 15 heavy (non-hydrogen) atoms. The van der Waals surface area contributed by atoms with Gasteiger partial charge in [-0.2, -0.15) is 0 Å². The number of hydrogen-bond donors (Lipinski definition) is 1. The van der Waals surface area contributed by atoms with E-state index in [9.17, 15) is 4.39 Å². The molecule has 2 unspecified atom stereocenters. The maximum absolute atomic E-state index is 13.2. The standard InChI is InChI=1S/C13H18FN/c1-3-4-9(2)12-8-15-13-6-5-10(14)7-11(12)13/h5-7,9,12,15H,3-4,8H2,1-2H3. The van der Waals surface area contributed by atoms with Gasteiger partial charge in [-0.1, -0.05) is 26.7 Å². The monoisotopic (exact) mass is 207 g/mol. The van der Waals surface area contributed by atoms with Crippen LogP contribution in [0.4, 0.5) is 10.1 Å². The molecule has 1 aromatic rings. The first-order valence-corrected chi connectivity index (χ1v) is 5.75. The highest BCUT2D eigenvalue weighted by molar-refractivity contribution is 5.57. The van der Waals surface area contributed by atoms with E-state index in [-0.39, 0.29) is 5.82 Å². The number of fused-ring (bicyclic) bond motifs is 1. The van der Waals surface area contributed by atoms with E-state index in [4.69, 9.17) is 0 Å². The molecule has 0 bridgehead atoms. The second-order valence-corrected chi connectivity index (χ2v) is 4.48. The van der Waals surface area contributed by atoms with Gasteiger partial charge in [0.2, 0.25) is 0 Å². The molecule has 0 saturated carbocycles. The zero-order chi connectivity index (χ0) is 10.8. The highest BCUT2D eigenvalue weighted by Crippen LogP contribution is 2.38. The van der Waals surface area contributed by atoms with E-state index in [1.807, 2.05) is 6.07 Å². The molecular weight excluding hydrogens is 189 g/mol.